The largest absolute Gasteiger partial charge is 0.334 e. The van der Waals surface area contributed by atoms with E-state index in [0.717, 1.165) is 17.0 Å². The van der Waals surface area contributed by atoms with Crippen LogP contribution in [0.25, 0.3) is 11.4 Å². The zero-order valence-electron chi connectivity index (χ0n) is 8.14. The molecule has 72 valence electrons. The van der Waals surface area contributed by atoms with Crippen molar-refractivity contribution in [2.45, 2.75) is 6.54 Å². The Morgan fingerprint density at radius 3 is 2.50 bits per heavy atom. The summed E-state index contributed by atoms with van der Waals surface area (Å²) < 4.78 is 2.00. The summed E-state index contributed by atoms with van der Waals surface area (Å²) in [6.45, 7) is 0.584. The third-order valence-electron chi connectivity index (χ3n) is 2.27. The average Bonchev–Trinajstić information content (AvgIpc) is 2.65. The van der Waals surface area contributed by atoms with Crippen LogP contribution in [-0.2, 0) is 13.6 Å². The van der Waals surface area contributed by atoms with Gasteiger partial charge in [-0.2, -0.15) is 0 Å². The van der Waals surface area contributed by atoms with E-state index >= 15 is 0 Å². The van der Waals surface area contributed by atoms with Gasteiger partial charge in [-0.15, -0.1) is 0 Å². The van der Waals surface area contributed by atoms with Gasteiger partial charge in [0.1, 0.15) is 5.82 Å². The fourth-order valence-electron chi connectivity index (χ4n) is 1.43. The zero-order valence-corrected chi connectivity index (χ0v) is 8.14. The highest BCUT2D eigenvalue weighted by Crippen LogP contribution is 2.16. The zero-order chi connectivity index (χ0) is 9.97. The first kappa shape index (κ1) is 8.97. The van der Waals surface area contributed by atoms with Gasteiger partial charge in [0.2, 0.25) is 0 Å². The maximum absolute atomic E-state index is 5.53. The Morgan fingerprint density at radius 2 is 2.00 bits per heavy atom. The van der Waals surface area contributed by atoms with E-state index in [9.17, 15) is 0 Å². The van der Waals surface area contributed by atoms with Gasteiger partial charge in [-0.05, 0) is 5.56 Å². The van der Waals surface area contributed by atoms with Crippen molar-refractivity contribution in [3.05, 3.63) is 42.2 Å². The normalized spacial score (nSPS) is 10.4. The van der Waals surface area contributed by atoms with Gasteiger partial charge in [-0.1, -0.05) is 24.3 Å². The van der Waals surface area contributed by atoms with E-state index in [1.54, 1.807) is 6.20 Å². The maximum atomic E-state index is 5.53. The van der Waals surface area contributed by atoms with Crippen molar-refractivity contribution in [3.63, 3.8) is 0 Å². The summed E-state index contributed by atoms with van der Waals surface area (Å²) in [7, 11) is 1.99. The fraction of sp³-hybridized carbons (Fsp3) is 0.182. The fourth-order valence-corrected chi connectivity index (χ4v) is 1.43. The summed E-state index contributed by atoms with van der Waals surface area (Å²) in [5, 5.41) is 0. The van der Waals surface area contributed by atoms with Crippen molar-refractivity contribution in [2.75, 3.05) is 0 Å². The molecule has 0 radical (unpaired) electrons. The monoisotopic (exact) mass is 187 g/mol. The molecule has 1 aromatic carbocycles. The molecular formula is C11H13N3. The topological polar surface area (TPSA) is 43.8 Å². The molecule has 0 amide bonds. The Labute approximate surface area is 83.2 Å². The van der Waals surface area contributed by atoms with Crippen molar-refractivity contribution < 1.29 is 0 Å². The van der Waals surface area contributed by atoms with Gasteiger partial charge < -0.3 is 10.3 Å². The summed E-state index contributed by atoms with van der Waals surface area (Å²) in [6.07, 6.45) is 3.73. The average molecular weight is 187 g/mol. The third kappa shape index (κ3) is 1.54. The summed E-state index contributed by atoms with van der Waals surface area (Å²) >= 11 is 0. The van der Waals surface area contributed by atoms with Crippen LogP contribution in [0, 0.1) is 0 Å². The van der Waals surface area contributed by atoms with Gasteiger partial charge >= 0.3 is 0 Å². The lowest BCUT2D eigenvalue weighted by Crippen LogP contribution is -1.96. The van der Waals surface area contributed by atoms with E-state index < -0.39 is 0 Å². The third-order valence-corrected chi connectivity index (χ3v) is 2.27. The lowest BCUT2D eigenvalue weighted by molar-refractivity contribution is 0.924. The van der Waals surface area contributed by atoms with Crippen LogP contribution in [0.5, 0.6) is 0 Å². The smallest absolute Gasteiger partial charge is 0.139 e. The molecule has 0 saturated carbocycles. The number of hydrogen-bond donors (Lipinski definition) is 1. The Hall–Kier alpha value is -1.61. The number of nitrogens with zero attached hydrogens (tertiary/aromatic N) is 2. The Bertz CT molecular complexity index is 414. The van der Waals surface area contributed by atoms with Crippen LogP contribution in [0.4, 0.5) is 0 Å². The molecule has 0 atom stereocenters. The number of rotatable bonds is 2. The lowest BCUT2D eigenvalue weighted by atomic mass is 10.1. The standard InChI is InChI=1S/C11H13N3/c1-14-7-6-13-11(14)10-4-2-9(8-12)3-5-10/h2-7H,8,12H2,1H3. The van der Waals surface area contributed by atoms with Crippen LogP contribution in [0.3, 0.4) is 0 Å². The van der Waals surface area contributed by atoms with E-state index in [1.807, 2.05) is 42.1 Å². The lowest BCUT2D eigenvalue weighted by Gasteiger charge is -2.02. The SMILES string of the molecule is Cn1ccnc1-c1ccc(CN)cc1. The summed E-state index contributed by atoms with van der Waals surface area (Å²) in [4.78, 5) is 4.27. The Balaban J connectivity index is 2.39. The van der Waals surface area contributed by atoms with Crippen molar-refractivity contribution >= 4 is 0 Å². The van der Waals surface area contributed by atoms with Crippen LogP contribution >= 0.6 is 0 Å². The minimum absolute atomic E-state index is 0.584. The van der Waals surface area contributed by atoms with E-state index in [-0.39, 0.29) is 0 Å². The molecule has 2 rings (SSSR count). The predicted molar refractivity (Wildman–Crippen MR) is 56.5 cm³/mol. The summed E-state index contributed by atoms with van der Waals surface area (Å²) in [5.74, 6) is 0.980. The Kier molecular flexibility index (Phi) is 2.33. The highest BCUT2D eigenvalue weighted by molar-refractivity contribution is 5.55. The van der Waals surface area contributed by atoms with Gasteiger partial charge in [0.15, 0.2) is 0 Å². The van der Waals surface area contributed by atoms with Crippen LogP contribution in [0.1, 0.15) is 5.56 Å². The van der Waals surface area contributed by atoms with Crippen molar-refractivity contribution in [3.8, 4) is 11.4 Å². The molecule has 3 nitrogen and oxygen atoms in total. The molecule has 0 aliphatic carbocycles. The van der Waals surface area contributed by atoms with Crippen LogP contribution < -0.4 is 5.73 Å². The van der Waals surface area contributed by atoms with Gasteiger partial charge in [0, 0.05) is 31.5 Å². The second kappa shape index (κ2) is 3.64. The van der Waals surface area contributed by atoms with E-state index in [2.05, 4.69) is 4.98 Å². The number of benzene rings is 1. The molecule has 0 unspecified atom stereocenters. The quantitative estimate of drug-likeness (QED) is 0.775. The maximum Gasteiger partial charge on any atom is 0.139 e. The highest BCUT2D eigenvalue weighted by Gasteiger charge is 2.01. The molecule has 1 aromatic heterocycles. The molecule has 14 heavy (non-hydrogen) atoms. The number of aromatic nitrogens is 2. The minimum atomic E-state index is 0.584. The molecule has 0 aliphatic rings. The van der Waals surface area contributed by atoms with E-state index in [4.69, 9.17) is 5.73 Å². The molecular weight excluding hydrogens is 174 g/mol. The number of hydrogen-bond acceptors (Lipinski definition) is 2. The van der Waals surface area contributed by atoms with Crippen molar-refractivity contribution in [2.24, 2.45) is 12.8 Å². The number of nitrogens with two attached hydrogens (primary N) is 1. The Morgan fingerprint density at radius 1 is 1.29 bits per heavy atom. The van der Waals surface area contributed by atoms with Gasteiger partial charge in [0.05, 0.1) is 0 Å². The van der Waals surface area contributed by atoms with Crippen molar-refractivity contribution in [1.29, 1.82) is 0 Å². The van der Waals surface area contributed by atoms with Crippen LogP contribution in [-0.4, -0.2) is 9.55 Å². The van der Waals surface area contributed by atoms with Crippen LogP contribution in [0.2, 0.25) is 0 Å². The second-order valence-electron chi connectivity index (χ2n) is 3.26. The molecule has 0 bridgehead atoms. The molecule has 0 saturated heterocycles. The molecule has 2 N–H and O–H groups in total. The molecule has 3 heteroatoms. The molecule has 0 spiro atoms. The highest BCUT2D eigenvalue weighted by atomic mass is 15.0. The molecule has 2 aromatic rings. The van der Waals surface area contributed by atoms with E-state index in [1.165, 1.54) is 0 Å². The van der Waals surface area contributed by atoms with Gasteiger partial charge in [-0.25, -0.2) is 4.98 Å². The first-order valence-electron chi connectivity index (χ1n) is 4.58. The van der Waals surface area contributed by atoms with E-state index in [0.29, 0.717) is 6.54 Å². The minimum Gasteiger partial charge on any atom is -0.334 e. The first-order valence-corrected chi connectivity index (χ1v) is 4.58. The van der Waals surface area contributed by atoms with Crippen molar-refractivity contribution in [1.82, 2.24) is 9.55 Å². The molecule has 1 heterocycles. The molecule has 0 fully saturated rings. The van der Waals surface area contributed by atoms with Crippen LogP contribution in [0.15, 0.2) is 36.7 Å². The summed E-state index contributed by atoms with van der Waals surface area (Å²) in [5.41, 5.74) is 7.79. The second-order valence-corrected chi connectivity index (χ2v) is 3.26. The predicted octanol–water partition coefficient (Wildman–Crippen LogP) is 1.55. The van der Waals surface area contributed by atoms with Gasteiger partial charge in [0.25, 0.3) is 0 Å². The first-order chi connectivity index (χ1) is 6.81. The number of aryl methyl sites for hydroxylation is 1. The summed E-state index contributed by atoms with van der Waals surface area (Å²) in [6, 6.07) is 8.16. The van der Waals surface area contributed by atoms with Gasteiger partial charge in [-0.3, -0.25) is 0 Å². The molecule has 0 aliphatic heterocycles. The number of imidazole rings is 1.